The summed E-state index contributed by atoms with van der Waals surface area (Å²) in [6, 6.07) is 16.4. The fourth-order valence-electron chi connectivity index (χ4n) is 5.83. The van der Waals surface area contributed by atoms with Gasteiger partial charge in [-0.3, -0.25) is 19.2 Å². The average Bonchev–Trinajstić information content (AvgIpc) is 3.28. The Morgan fingerprint density at radius 2 is 1.65 bits per heavy atom. The zero-order valence-corrected chi connectivity index (χ0v) is 22.7. The summed E-state index contributed by atoms with van der Waals surface area (Å²) in [4.78, 5) is 29.8. The Labute approximate surface area is 220 Å². The van der Waals surface area contributed by atoms with Gasteiger partial charge < -0.3 is 5.32 Å². The Bertz CT molecular complexity index is 1300. The number of fused-ring (bicyclic) bond motifs is 1. The first kappa shape index (κ1) is 25.2. The maximum Gasteiger partial charge on any atom is 0.277 e. The van der Waals surface area contributed by atoms with Crippen LogP contribution >= 0.6 is 0 Å². The molecule has 1 fully saturated rings. The van der Waals surface area contributed by atoms with E-state index >= 15 is 0 Å². The molecule has 0 bridgehead atoms. The standard InChI is InChI=1S/C31H38N4O2/c1-20(2)23-11-13-24(14-12-23)27-18-28-29(36)35(26-16-21(3)15-22(4)17-26)31(5,19-34(28)33-27)30(37)32-25-9-7-6-8-10-25/h11-18,20,25H,6-10,19H2,1-5H3,(H,32,37). The number of amides is 2. The van der Waals surface area contributed by atoms with E-state index in [0.29, 0.717) is 18.2 Å². The lowest BCUT2D eigenvalue weighted by Crippen LogP contribution is -2.65. The second-order valence-electron chi connectivity index (χ2n) is 11.4. The van der Waals surface area contributed by atoms with Gasteiger partial charge in [-0.25, -0.2) is 0 Å². The van der Waals surface area contributed by atoms with Gasteiger partial charge in [0.25, 0.3) is 5.91 Å². The quantitative estimate of drug-likeness (QED) is 0.458. The Morgan fingerprint density at radius 1 is 1.00 bits per heavy atom. The first-order chi connectivity index (χ1) is 17.7. The normalized spacial score (nSPS) is 20.3. The maximum absolute atomic E-state index is 14.1. The highest BCUT2D eigenvalue weighted by Crippen LogP contribution is 2.35. The zero-order valence-electron chi connectivity index (χ0n) is 22.7. The summed E-state index contributed by atoms with van der Waals surface area (Å²) in [5.41, 5.74) is 5.24. The van der Waals surface area contributed by atoms with E-state index in [9.17, 15) is 9.59 Å². The van der Waals surface area contributed by atoms with E-state index in [-0.39, 0.29) is 17.9 Å². The number of aromatic nitrogens is 2. The molecule has 2 heterocycles. The number of hydrogen-bond acceptors (Lipinski definition) is 3. The molecular formula is C31H38N4O2. The molecule has 37 heavy (non-hydrogen) atoms. The predicted octanol–water partition coefficient (Wildman–Crippen LogP) is 6.16. The van der Waals surface area contributed by atoms with Crippen molar-refractivity contribution in [1.82, 2.24) is 15.1 Å². The molecule has 1 aromatic heterocycles. The number of carbonyl (C=O) groups is 2. The summed E-state index contributed by atoms with van der Waals surface area (Å²) in [7, 11) is 0. The average molecular weight is 499 g/mol. The smallest absolute Gasteiger partial charge is 0.277 e. The van der Waals surface area contributed by atoms with Crippen molar-refractivity contribution in [2.45, 2.75) is 90.8 Å². The van der Waals surface area contributed by atoms with Gasteiger partial charge in [-0.1, -0.05) is 63.4 Å². The van der Waals surface area contributed by atoms with Gasteiger partial charge in [0.2, 0.25) is 5.91 Å². The number of hydrogen-bond donors (Lipinski definition) is 1. The molecule has 2 amide bonds. The molecule has 5 rings (SSSR count). The Hall–Kier alpha value is -3.41. The first-order valence-electron chi connectivity index (χ1n) is 13.6. The minimum atomic E-state index is -1.10. The predicted molar refractivity (Wildman–Crippen MR) is 148 cm³/mol. The van der Waals surface area contributed by atoms with Gasteiger partial charge in [-0.2, -0.15) is 5.10 Å². The Kier molecular flexibility index (Phi) is 6.69. The van der Waals surface area contributed by atoms with Crippen molar-refractivity contribution >= 4 is 17.5 Å². The number of anilines is 1. The van der Waals surface area contributed by atoms with Gasteiger partial charge >= 0.3 is 0 Å². The third-order valence-electron chi connectivity index (χ3n) is 7.92. The van der Waals surface area contributed by atoms with Crippen LogP contribution in [0.15, 0.2) is 48.5 Å². The van der Waals surface area contributed by atoms with Crippen LogP contribution in [0.2, 0.25) is 0 Å². The van der Waals surface area contributed by atoms with E-state index in [1.165, 1.54) is 12.0 Å². The van der Waals surface area contributed by atoms with E-state index in [4.69, 9.17) is 5.10 Å². The Balaban J connectivity index is 1.56. The third-order valence-corrected chi connectivity index (χ3v) is 7.92. The molecule has 0 saturated heterocycles. The highest BCUT2D eigenvalue weighted by Gasteiger charge is 2.49. The van der Waals surface area contributed by atoms with Crippen LogP contribution < -0.4 is 10.2 Å². The number of carbonyl (C=O) groups excluding carboxylic acids is 2. The van der Waals surface area contributed by atoms with Crippen molar-refractivity contribution in [1.29, 1.82) is 0 Å². The van der Waals surface area contributed by atoms with Crippen LogP contribution in [-0.2, 0) is 11.3 Å². The van der Waals surface area contributed by atoms with Crippen molar-refractivity contribution in [2.24, 2.45) is 0 Å². The largest absolute Gasteiger partial charge is 0.351 e. The summed E-state index contributed by atoms with van der Waals surface area (Å²) >= 11 is 0. The summed E-state index contributed by atoms with van der Waals surface area (Å²) in [6.45, 7) is 10.6. The lowest BCUT2D eigenvalue weighted by Gasteiger charge is -2.44. The van der Waals surface area contributed by atoms with E-state index in [2.05, 4.69) is 49.5 Å². The molecule has 1 aliphatic carbocycles. The van der Waals surface area contributed by atoms with E-state index in [1.807, 2.05) is 39.0 Å². The van der Waals surface area contributed by atoms with Crippen molar-refractivity contribution in [2.75, 3.05) is 4.90 Å². The molecule has 0 radical (unpaired) electrons. The summed E-state index contributed by atoms with van der Waals surface area (Å²) in [5.74, 6) is 0.131. The van der Waals surface area contributed by atoms with Crippen LogP contribution in [-0.4, -0.2) is 33.2 Å². The minimum absolute atomic E-state index is 0.115. The topological polar surface area (TPSA) is 67.2 Å². The molecule has 2 aliphatic rings. The SMILES string of the molecule is Cc1cc(C)cc(N2C(=O)c3cc(-c4ccc(C(C)C)cc4)nn3CC2(C)C(=O)NC2CCCCC2)c1. The molecule has 0 spiro atoms. The first-order valence-corrected chi connectivity index (χ1v) is 13.6. The van der Waals surface area contributed by atoms with Gasteiger partial charge in [-0.15, -0.1) is 0 Å². The molecule has 1 saturated carbocycles. The molecule has 6 heteroatoms. The van der Waals surface area contributed by atoms with Gasteiger partial charge in [0.05, 0.1) is 12.2 Å². The van der Waals surface area contributed by atoms with Crippen LogP contribution in [0.3, 0.4) is 0 Å². The van der Waals surface area contributed by atoms with Gasteiger partial charge in [0.1, 0.15) is 11.2 Å². The number of nitrogens with zero attached hydrogens (tertiary/aromatic N) is 3. The molecule has 1 aliphatic heterocycles. The van der Waals surface area contributed by atoms with Crippen molar-refractivity contribution in [3.63, 3.8) is 0 Å². The molecule has 2 aromatic carbocycles. The second-order valence-corrected chi connectivity index (χ2v) is 11.4. The number of benzene rings is 2. The van der Waals surface area contributed by atoms with Crippen LogP contribution in [0.1, 0.15) is 86.0 Å². The van der Waals surface area contributed by atoms with Crippen LogP contribution in [0, 0.1) is 13.8 Å². The van der Waals surface area contributed by atoms with Crippen LogP contribution in [0.5, 0.6) is 0 Å². The highest BCUT2D eigenvalue weighted by molar-refractivity contribution is 6.12. The van der Waals surface area contributed by atoms with Gasteiger partial charge in [0, 0.05) is 17.3 Å². The molecule has 194 valence electrons. The molecule has 3 aromatic rings. The van der Waals surface area contributed by atoms with Gasteiger partial charge in [-0.05, 0) is 74.4 Å². The maximum atomic E-state index is 14.1. The highest BCUT2D eigenvalue weighted by atomic mass is 16.2. The molecule has 1 N–H and O–H groups in total. The van der Waals surface area contributed by atoms with Gasteiger partial charge in [0.15, 0.2) is 0 Å². The van der Waals surface area contributed by atoms with Crippen LogP contribution in [0.25, 0.3) is 11.3 Å². The third kappa shape index (κ3) is 4.81. The Morgan fingerprint density at radius 3 is 2.27 bits per heavy atom. The zero-order chi connectivity index (χ0) is 26.3. The summed E-state index contributed by atoms with van der Waals surface area (Å²) in [6.07, 6.45) is 5.45. The minimum Gasteiger partial charge on any atom is -0.351 e. The summed E-state index contributed by atoms with van der Waals surface area (Å²) < 4.78 is 1.73. The van der Waals surface area contributed by atoms with E-state index in [0.717, 1.165) is 53.8 Å². The number of nitrogens with one attached hydrogen (secondary N) is 1. The van der Waals surface area contributed by atoms with Crippen molar-refractivity contribution in [3.05, 3.63) is 70.9 Å². The molecule has 1 unspecified atom stereocenters. The number of aryl methyl sites for hydroxylation is 2. The van der Waals surface area contributed by atoms with Crippen LogP contribution in [0.4, 0.5) is 5.69 Å². The lowest BCUT2D eigenvalue weighted by molar-refractivity contribution is -0.127. The molecule has 6 nitrogen and oxygen atoms in total. The fourth-order valence-corrected chi connectivity index (χ4v) is 5.83. The van der Waals surface area contributed by atoms with E-state index < -0.39 is 5.54 Å². The fraction of sp³-hybridized carbons (Fsp3) is 0.452. The lowest BCUT2D eigenvalue weighted by atomic mass is 9.90. The second kappa shape index (κ2) is 9.81. The molecule has 1 atom stereocenters. The van der Waals surface area contributed by atoms with E-state index in [1.54, 1.807) is 9.58 Å². The summed E-state index contributed by atoms with van der Waals surface area (Å²) in [5, 5.41) is 8.11. The monoisotopic (exact) mass is 498 g/mol. The van der Waals surface area contributed by atoms with Crippen molar-refractivity contribution in [3.8, 4) is 11.3 Å². The van der Waals surface area contributed by atoms with Crippen molar-refractivity contribution < 1.29 is 9.59 Å². The number of rotatable bonds is 5. The molecular weight excluding hydrogens is 460 g/mol.